The van der Waals surface area contributed by atoms with E-state index < -0.39 is 5.97 Å². The van der Waals surface area contributed by atoms with Crippen LogP contribution in [-0.4, -0.2) is 21.0 Å². The summed E-state index contributed by atoms with van der Waals surface area (Å²) in [5.74, 6) is -1.01. The molecule has 2 heterocycles. The summed E-state index contributed by atoms with van der Waals surface area (Å²) in [5.41, 5.74) is 3.75. The quantitative estimate of drug-likeness (QED) is 0.459. The van der Waals surface area contributed by atoms with Crippen LogP contribution < -0.4 is 10.9 Å². The van der Waals surface area contributed by atoms with E-state index in [2.05, 4.69) is 15.3 Å². The van der Waals surface area contributed by atoms with Gasteiger partial charge in [-0.15, -0.1) is 0 Å². The van der Waals surface area contributed by atoms with Gasteiger partial charge in [0.15, 0.2) is 0 Å². The molecular formula is C19H15N3O3. The van der Waals surface area contributed by atoms with E-state index in [1.807, 2.05) is 31.2 Å². The molecule has 0 amide bonds. The molecule has 0 saturated heterocycles. The maximum atomic E-state index is 12.2. The molecule has 2 aromatic heterocycles. The molecule has 4 N–H and O–H groups in total. The molecule has 6 nitrogen and oxygen atoms in total. The van der Waals surface area contributed by atoms with Crippen LogP contribution in [0.25, 0.3) is 21.8 Å². The van der Waals surface area contributed by atoms with Crippen molar-refractivity contribution in [3.63, 3.8) is 0 Å². The zero-order valence-electron chi connectivity index (χ0n) is 13.4. The number of anilines is 2. The average Bonchev–Trinajstić information content (AvgIpc) is 2.97. The Labute approximate surface area is 142 Å². The Hall–Kier alpha value is -3.54. The van der Waals surface area contributed by atoms with Crippen LogP contribution in [0.1, 0.15) is 15.9 Å². The molecular weight excluding hydrogens is 318 g/mol. The summed E-state index contributed by atoms with van der Waals surface area (Å²) in [5, 5.41) is 13.9. The minimum Gasteiger partial charge on any atom is -0.478 e. The Bertz CT molecular complexity index is 1190. The first-order valence-corrected chi connectivity index (χ1v) is 7.77. The first-order valence-electron chi connectivity index (χ1n) is 7.77. The number of nitrogens with one attached hydrogen (secondary N) is 3. The van der Waals surface area contributed by atoms with Gasteiger partial charge in [-0.2, -0.15) is 0 Å². The van der Waals surface area contributed by atoms with Crippen LogP contribution in [-0.2, 0) is 0 Å². The Morgan fingerprint density at radius 3 is 2.76 bits per heavy atom. The normalized spacial score (nSPS) is 11.1. The number of H-pyrrole nitrogens is 2. The molecule has 0 radical (unpaired) electrons. The van der Waals surface area contributed by atoms with Crippen LogP contribution in [0.4, 0.5) is 11.4 Å². The van der Waals surface area contributed by atoms with Gasteiger partial charge in [0.1, 0.15) is 5.52 Å². The molecule has 0 aliphatic heterocycles. The number of hydrogen-bond acceptors (Lipinski definition) is 3. The summed E-state index contributed by atoms with van der Waals surface area (Å²) in [6, 6.07) is 12.6. The number of aromatic amines is 2. The molecule has 25 heavy (non-hydrogen) atoms. The highest BCUT2D eigenvalue weighted by atomic mass is 16.4. The van der Waals surface area contributed by atoms with E-state index in [0.29, 0.717) is 27.5 Å². The molecule has 0 aliphatic carbocycles. The number of benzene rings is 2. The van der Waals surface area contributed by atoms with Crippen LogP contribution in [0, 0.1) is 6.92 Å². The lowest BCUT2D eigenvalue weighted by Gasteiger charge is -2.09. The summed E-state index contributed by atoms with van der Waals surface area (Å²) < 4.78 is 0. The van der Waals surface area contributed by atoms with Gasteiger partial charge in [0, 0.05) is 28.2 Å². The van der Waals surface area contributed by atoms with Gasteiger partial charge in [0.05, 0.1) is 11.3 Å². The second kappa shape index (κ2) is 5.52. The second-order valence-electron chi connectivity index (χ2n) is 5.97. The number of carboxylic acids is 1. The summed E-state index contributed by atoms with van der Waals surface area (Å²) in [6.07, 6.45) is 1.60. The monoisotopic (exact) mass is 333 g/mol. The molecule has 0 saturated carbocycles. The highest BCUT2D eigenvalue weighted by Crippen LogP contribution is 2.31. The largest absolute Gasteiger partial charge is 0.478 e. The number of fused-ring (bicyclic) bond motifs is 3. The fourth-order valence-corrected chi connectivity index (χ4v) is 3.03. The zero-order valence-corrected chi connectivity index (χ0v) is 13.4. The van der Waals surface area contributed by atoms with Gasteiger partial charge in [-0.05, 0) is 42.8 Å². The van der Waals surface area contributed by atoms with Gasteiger partial charge in [0.2, 0.25) is 0 Å². The summed E-state index contributed by atoms with van der Waals surface area (Å²) in [4.78, 5) is 29.3. The molecule has 2 aromatic carbocycles. The Balaban J connectivity index is 1.99. The smallest absolute Gasteiger partial charge is 0.335 e. The predicted molar refractivity (Wildman–Crippen MR) is 97.8 cm³/mol. The van der Waals surface area contributed by atoms with Crippen molar-refractivity contribution in [3.8, 4) is 0 Å². The Morgan fingerprint density at radius 1 is 1.16 bits per heavy atom. The van der Waals surface area contributed by atoms with Gasteiger partial charge in [-0.1, -0.05) is 12.1 Å². The third-order valence-electron chi connectivity index (χ3n) is 4.19. The van der Waals surface area contributed by atoms with E-state index in [-0.39, 0.29) is 11.1 Å². The van der Waals surface area contributed by atoms with Crippen molar-refractivity contribution in [2.45, 2.75) is 6.92 Å². The van der Waals surface area contributed by atoms with Gasteiger partial charge in [-0.25, -0.2) is 4.79 Å². The SMILES string of the molecule is Cc1cccc(Nc2c[nH]c(=O)c3[nH]c4ccc(C(=O)O)cc4c23)c1. The highest BCUT2D eigenvalue weighted by molar-refractivity contribution is 6.14. The lowest BCUT2D eigenvalue weighted by molar-refractivity contribution is 0.0697. The molecule has 0 bridgehead atoms. The number of aromatic carboxylic acids is 1. The maximum Gasteiger partial charge on any atom is 0.335 e. The van der Waals surface area contributed by atoms with Gasteiger partial charge < -0.3 is 20.4 Å². The molecule has 4 rings (SSSR count). The Kier molecular flexibility index (Phi) is 3.32. The van der Waals surface area contributed by atoms with E-state index >= 15 is 0 Å². The van der Waals surface area contributed by atoms with E-state index in [0.717, 1.165) is 11.3 Å². The van der Waals surface area contributed by atoms with Crippen molar-refractivity contribution in [1.82, 2.24) is 9.97 Å². The van der Waals surface area contributed by atoms with Crippen molar-refractivity contribution in [1.29, 1.82) is 0 Å². The van der Waals surface area contributed by atoms with Crippen molar-refractivity contribution in [2.75, 3.05) is 5.32 Å². The second-order valence-corrected chi connectivity index (χ2v) is 5.97. The van der Waals surface area contributed by atoms with Crippen molar-refractivity contribution >= 4 is 39.1 Å². The summed E-state index contributed by atoms with van der Waals surface area (Å²) in [6.45, 7) is 2.00. The van der Waals surface area contributed by atoms with Crippen LogP contribution in [0.5, 0.6) is 0 Å². The first-order chi connectivity index (χ1) is 12.0. The van der Waals surface area contributed by atoms with Crippen molar-refractivity contribution in [3.05, 3.63) is 70.1 Å². The minimum absolute atomic E-state index is 0.176. The molecule has 6 heteroatoms. The maximum absolute atomic E-state index is 12.2. The van der Waals surface area contributed by atoms with E-state index in [4.69, 9.17) is 0 Å². The standard InChI is InChI=1S/C19H15N3O3/c1-10-3-2-4-12(7-10)21-15-9-20-18(23)17-16(15)13-8-11(19(24)25)5-6-14(13)22-17/h2-9,21-22H,1H3,(H,20,23)(H,24,25). The summed E-state index contributed by atoms with van der Waals surface area (Å²) in [7, 11) is 0. The van der Waals surface area contributed by atoms with E-state index in [9.17, 15) is 14.7 Å². The number of carbonyl (C=O) groups is 1. The average molecular weight is 333 g/mol. The van der Waals surface area contributed by atoms with E-state index in [1.54, 1.807) is 18.3 Å². The summed E-state index contributed by atoms with van der Waals surface area (Å²) >= 11 is 0. The lowest BCUT2D eigenvalue weighted by atomic mass is 10.1. The van der Waals surface area contributed by atoms with E-state index in [1.165, 1.54) is 6.07 Å². The number of hydrogen-bond donors (Lipinski definition) is 4. The number of rotatable bonds is 3. The predicted octanol–water partition coefficient (Wildman–Crippen LogP) is 3.76. The van der Waals surface area contributed by atoms with Gasteiger partial charge >= 0.3 is 5.97 Å². The highest BCUT2D eigenvalue weighted by Gasteiger charge is 2.14. The molecule has 0 spiro atoms. The van der Waals surface area contributed by atoms with Crippen molar-refractivity contribution < 1.29 is 9.90 Å². The fourth-order valence-electron chi connectivity index (χ4n) is 3.03. The van der Waals surface area contributed by atoms with Gasteiger partial charge in [0.25, 0.3) is 5.56 Å². The topological polar surface area (TPSA) is 98.0 Å². The van der Waals surface area contributed by atoms with Crippen LogP contribution >= 0.6 is 0 Å². The number of pyridine rings is 1. The van der Waals surface area contributed by atoms with Crippen LogP contribution in [0.2, 0.25) is 0 Å². The number of aromatic nitrogens is 2. The van der Waals surface area contributed by atoms with Crippen molar-refractivity contribution in [2.24, 2.45) is 0 Å². The lowest BCUT2D eigenvalue weighted by Crippen LogP contribution is -2.06. The van der Waals surface area contributed by atoms with Crippen LogP contribution in [0.3, 0.4) is 0 Å². The minimum atomic E-state index is -1.01. The molecule has 0 aliphatic rings. The fraction of sp³-hybridized carbons (Fsp3) is 0.0526. The third-order valence-corrected chi connectivity index (χ3v) is 4.19. The molecule has 0 fully saturated rings. The van der Waals surface area contributed by atoms with Gasteiger partial charge in [-0.3, -0.25) is 4.79 Å². The number of carboxylic acid groups (broad SMARTS) is 1. The Morgan fingerprint density at radius 2 is 2.00 bits per heavy atom. The first kappa shape index (κ1) is 15.0. The number of aryl methyl sites for hydroxylation is 1. The zero-order chi connectivity index (χ0) is 17.6. The molecule has 124 valence electrons. The molecule has 4 aromatic rings. The third kappa shape index (κ3) is 2.53. The van der Waals surface area contributed by atoms with Crippen LogP contribution in [0.15, 0.2) is 53.5 Å². The molecule has 0 atom stereocenters. The molecule has 0 unspecified atom stereocenters.